The van der Waals surface area contributed by atoms with E-state index in [1.807, 2.05) is 12.1 Å². The van der Waals surface area contributed by atoms with Gasteiger partial charge in [-0.05, 0) is 73.8 Å². The minimum Gasteiger partial charge on any atom is -0.405 e. The topological polar surface area (TPSA) is 9.23 Å². The van der Waals surface area contributed by atoms with Gasteiger partial charge < -0.3 is 4.74 Å². The van der Waals surface area contributed by atoms with Crippen molar-refractivity contribution in [3.05, 3.63) is 29.8 Å². The summed E-state index contributed by atoms with van der Waals surface area (Å²) in [5, 5.41) is 0. The molecule has 146 valence electrons. The van der Waals surface area contributed by atoms with Crippen LogP contribution in [0, 0.1) is 17.8 Å². The maximum Gasteiger partial charge on any atom is 0.573 e. The zero-order chi connectivity index (χ0) is 18.6. The summed E-state index contributed by atoms with van der Waals surface area (Å²) in [4.78, 5) is 0. The molecule has 2 aliphatic carbocycles. The first kappa shape index (κ1) is 19.6. The fourth-order valence-electron chi connectivity index (χ4n) is 5.29. The number of benzene rings is 1. The first-order valence-corrected chi connectivity index (χ1v) is 10.3. The van der Waals surface area contributed by atoms with E-state index >= 15 is 0 Å². The van der Waals surface area contributed by atoms with Gasteiger partial charge in [-0.2, -0.15) is 0 Å². The van der Waals surface area contributed by atoms with Gasteiger partial charge in [-0.25, -0.2) is 0 Å². The lowest BCUT2D eigenvalue weighted by atomic mass is 9.68. The molecule has 0 spiro atoms. The molecule has 2 aliphatic rings. The highest BCUT2D eigenvalue weighted by atomic mass is 19.4. The van der Waals surface area contributed by atoms with Crippen molar-refractivity contribution < 1.29 is 17.9 Å². The highest BCUT2D eigenvalue weighted by molar-refractivity contribution is 5.36. The summed E-state index contributed by atoms with van der Waals surface area (Å²) in [6, 6.07) is 6.69. The Bertz CT molecular complexity index is 553. The Labute approximate surface area is 155 Å². The SMILES string of the molecule is CCCC1CCC(C2CCC(c3ccccc3OC(F)(F)F)CC2)CC1. The van der Waals surface area contributed by atoms with Crippen molar-refractivity contribution in [3.63, 3.8) is 0 Å². The lowest BCUT2D eigenvalue weighted by Gasteiger charge is -2.38. The molecule has 0 atom stereocenters. The van der Waals surface area contributed by atoms with Crippen molar-refractivity contribution in [3.8, 4) is 5.75 Å². The average molecular weight is 368 g/mol. The molecule has 2 fully saturated rings. The summed E-state index contributed by atoms with van der Waals surface area (Å²) in [6.07, 6.45) is 7.76. The molecule has 3 rings (SSSR count). The summed E-state index contributed by atoms with van der Waals surface area (Å²) >= 11 is 0. The van der Waals surface area contributed by atoms with E-state index in [-0.39, 0.29) is 11.7 Å². The molecular formula is C22H31F3O. The van der Waals surface area contributed by atoms with E-state index in [2.05, 4.69) is 11.7 Å². The molecule has 2 saturated carbocycles. The van der Waals surface area contributed by atoms with Crippen LogP contribution in [0.5, 0.6) is 5.75 Å². The zero-order valence-corrected chi connectivity index (χ0v) is 15.7. The summed E-state index contributed by atoms with van der Waals surface area (Å²) in [5.74, 6) is 2.72. The van der Waals surface area contributed by atoms with Gasteiger partial charge >= 0.3 is 6.36 Å². The van der Waals surface area contributed by atoms with Crippen LogP contribution in [0.4, 0.5) is 13.2 Å². The van der Waals surface area contributed by atoms with E-state index in [1.165, 1.54) is 44.6 Å². The molecule has 1 nitrogen and oxygen atoms in total. The lowest BCUT2D eigenvalue weighted by molar-refractivity contribution is -0.275. The molecule has 4 heteroatoms. The van der Waals surface area contributed by atoms with Crippen LogP contribution in [0.2, 0.25) is 0 Å². The summed E-state index contributed by atoms with van der Waals surface area (Å²) < 4.78 is 42.2. The molecule has 0 saturated heterocycles. The summed E-state index contributed by atoms with van der Waals surface area (Å²) in [7, 11) is 0. The Balaban J connectivity index is 1.55. The van der Waals surface area contributed by atoms with Crippen molar-refractivity contribution >= 4 is 0 Å². The van der Waals surface area contributed by atoms with E-state index in [9.17, 15) is 13.2 Å². The van der Waals surface area contributed by atoms with E-state index in [1.54, 1.807) is 6.07 Å². The third-order valence-electron chi connectivity index (χ3n) is 6.61. The molecule has 0 bridgehead atoms. The molecular weight excluding hydrogens is 337 g/mol. The molecule has 1 aromatic carbocycles. The number of ether oxygens (including phenoxy) is 1. The van der Waals surface area contributed by atoms with Gasteiger partial charge in [-0.15, -0.1) is 13.2 Å². The van der Waals surface area contributed by atoms with Gasteiger partial charge in [0.15, 0.2) is 0 Å². The van der Waals surface area contributed by atoms with E-state index in [0.29, 0.717) is 0 Å². The fourth-order valence-corrected chi connectivity index (χ4v) is 5.29. The van der Waals surface area contributed by atoms with Crippen LogP contribution in [0.15, 0.2) is 24.3 Å². The van der Waals surface area contributed by atoms with Gasteiger partial charge in [-0.1, -0.05) is 50.8 Å². The number of rotatable bonds is 5. The van der Waals surface area contributed by atoms with Crippen molar-refractivity contribution in [1.29, 1.82) is 0 Å². The maximum absolute atomic E-state index is 12.7. The van der Waals surface area contributed by atoms with Crippen LogP contribution in [-0.4, -0.2) is 6.36 Å². The summed E-state index contributed by atoms with van der Waals surface area (Å²) in [6.45, 7) is 2.27. The monoisotopic (exact) mass is 368 g/mol. The first-order valence-electron chi connectivity index (χ1n) is 10.3. The Morgan fingerprint density at radius 2 is 1.46 bits per heavy atom. The van der Waals surface area contributed by atoms with Crippen LogP contribution >= 0.6 is 0 Å². The van der Waals surface area contributed by atoms with Crippen LogP contribution in [-0.2, 0) is 0 Å². The first-order chi connectivity index (χ1) is 12.5. The molecule has 0 aromatic heterocycles. The largest absolute Gasteiger partial charge is 0.573 e. The lowest BCUT2D eigenvalue weighted by Crippen LogP contribution is -2.26. The second-order valence-corrected chi connectivity index (χ2v) is 8.27. The normalized spacial score (nSPS) is 30.2. The Kier molecular flexibility index (Phi) is 6.52. The standard InChI is InChI=1S/C22H31F3O/c1-2-5-16-8-10-17(11-9-16)18-12-14-19(15-13-18)20-6-3-4-7-21(20)26-22(23,24)25/h3-4,6-7,16-19H,2,5,8-15H2,1H3. The van der Waals surface area contributed by atoms with E-state index < -0.39 is 6.36 Å². The third-order valence-corrected chi connectivity index (χ3v) is 6.61. The highest BCUT2D eigenvalue weighted by Crippen LogP contribution is 2.46. The fraction of sp³-hybridized carbons (Fsp3) is 0.727. The Hall–Kier alpha value is -1.19. The second-order valence-electron chi connectivity index (χ2n) is 8.27. The van der Waals surface area contributed by atoms with Crippen LogP contribution in [0.3, 0.4) is 0 Å². The van der Waals surface area contributed by atoms with E-state index in [4.69, 9.17) is 0 Å². The third kappa shape index (κ3) is 5.17. The highest BCUT2D eigenvalue weighted by Gasteiger charge is 2.35. The molecule has 1 aromatic rings. The van der Waals surface area contributed by atoms with Crippen molar-refractivity contribution in [2.75, 3.05) is 0 Å². The number of alkyl halides is 3. The van der Waals surface area contributed by atoms with Gasteiger partial charge in [0.05, 0.1) is 0 Å². The van der Waals surface area contributed by atoms with Crippen molar-refractivity contribution in [2.45, 2.75) is 83.4 Å². The van der Waals surface area contributed by atoms with Crippen molar-refractivity contribution in [1.82, 2.24) is 0 Å². The van der Waals surface area contributed by atoms with E-state index in [0.717, 1.165) is 49.0 Å². The predicted molar refractivity (Wildman–Crippen MR) is 98.2 cm³/mol. The summed E-state index contributed by atoms with van der Waals surface area (Å²) in [5.41, 5.74) is 0.731. The van der Waals surface area contributed by atoms with Crippen LogP contribution in [0.1, 0.15) is 82.6 Å². The Morgan fingerprint density at radius 1 is 0.885 bits per heavy atom. The minimum absolute atomic E-state index is 0.0106. The van der Waals surface area contributed by atoms with Gasteiger partial charge in [0, 0.05) is 0 Å². The number of hydrogen-bond acceptors (Lipinski definition) is 1. The number of halogens is 3. The molecule has 0 aliphatic heterocycles. The molecule has 0 amide bonds. The molecule has 26 heavy (non-hydrogen) atoms. The molecule has 0 N–H and O–H groups in total. The Morgan fingerprint density at radius 3 is 2.04 bits per heavy atom. The van der Waals surface area contributed by atoms with Crippen LogP contribution < -0.4 is 4.74 Å². The molecule has 0 radical (unpaired) electrons. The molecule has 0 heterocycles. The van der Waals surface area contributed by atoms with Crippen LogP contribution in [0.25, 0.3) is 0 Å². The van der Waals surface area contributed by atoms with Gasteiger partial charge in [-0.3, -0.25) is 0 Å². The smallest absolute Gasteiger partial charge is 0.405 e. The van der Waals surface area contributed by atoms with Gasteiger partial charge in [0.25, 0.3) is 0 Å². The maximum atomic E-state index is 12.7. The number of hydrogen-bond donors (Lipinski definition) is 0. The zero-order valence-electron chi connectivity index (χ0n) is 15.7. The quantitative estimate of drug-likeness (QED) is 0.524. The minimum atomic E-state index is -4.62. The predicted octanol–water partition coefficient (Wildman–Crippen LogP) is 7.47. The second kappa shape index (κ2) is 8.67. The number of para-hydroxylation sites is 1. The van der Waals surface area contributed by atoms with Crippen molar-refractivity contribution in [2.24, 2.45) is 17.8 Å². The average Bonchev–Trinajstić information content (AvgIpc) is 2.62. The molecule has 0 unspecified atom stereocenters. The van der Waals surface area contributed by atoms with Gasteiger partial charge in [0.2, 0.25) is 0 Å². The van der Waals surface area contributed by atoms with Gasteiger partial charge in [0.1, 0.15) is 5.75 Å².